The highest BCUT2D eigenvalue weighted by atomic mass is 16.5. The van der Waals surface area contributed by atoms with Gasteiger partial charge in [0.15, 0.2) is 0 Å². The number of methoxy groups -OCH3 is 1. The molecule has 0 bridgehead atoms. The van der Waals surface area contributed by atoms with E-state index in [1.165, 1.54) is 13.2 Å². The van der Waals surface area contributed by atoms with Crippen LogP contribution in [0.15, 0.2) is 48.5 Å². The van der Waals surface area contributed by atoms with E-state index in [0.717, 1.165) is 5.56 Å². The molecule has 122 valence electrons. The Hall–Kier alpha value is -3.08. The number of aromatic nitrogens is 1. The van der Waals surface area contributed by atoms with Gasteiger partial charge in [-0.15, -0.1) is 0 Å². The number of aromatic carboxylic acids is 1. The third kappa shape index (κ3) is 2.76. The lowest BCUT2D eigenvalue weighted by atomic mass is 10.0. The van der Waals surface area contributed by atoms with Gasteiger partial charge in [0.1, 0.15) is 17.0 Å². The number of carboxylic acid groups (broad SMARTS) is 1. The summed E-state index contributed by atoms with van der Waals surface area (Å²) >= 11 is 0. The topological polar surface area (TPSA) is 71.5 Å². The van der Waals surface area contributed by atoms with Crippen molar-refractivity contribution in [3.05, 3.63) is 54.1 Å². The number of carbonyl (C=O) groups is 1. The van der Waals surface area contributed by atoms with Gasteiger partial charge in [0, 0.05) is 16.5 Å². The summed E-state index contributed by atoms with van der Waals surface area (Å²) < 4.78 is 10.9. The number of ether oxygens (including phenoxy) is 2. The highest BCUT2D eigenvalue weighted by Gasteiger charge is 2.14. The summed E-state index contributed by atoms with van der Waals surface area (Å²) in [7, 11) is 1.52. The number of hydrogen-bond acceptors (Lipinski definition) is 5. The second-order valence-corrected chi connectivity index (χ2v) is 5.13. The van der Waals surface area contributed by atoms with Crippen LogP contribution < -0.4 is 14.6 Å². The molecule has 24 heavy (non-hydrogen) atoms. The molecule has 0 amide bonds. The fourth-order valence-corrected chi connectivity index (χ4v) is 2.65. The summed E-state index contributed by atoms with van der Waals surface area (Å²) in [5, 5.41) is 12.1. The van der Waals surface area contributed by atoms with Crippen molar-refractivity contribution < 1.29 is 19.4 Å². The smallest absolute Gasteiger partial charge is 0.145 e. The molecule has 0 radical (unpaired) electrons. The van der Waals surface area contributed by atoms with Gasteiger partial charge in [-0.2, -0.15) is 0 Å². The lowest BCUT2D eigenvalue weighted by Crippen LogP contribution is -2.22. The molecule has 0 aliphatic carbocycles. The molecule has 0 aliphatic heterocycles. The summed E-state index contributed by atoms with van der Waals surface area (Å²) in [5.41, 5.74) is 1.76. The summed E-state index contributed by atoms with van der Waals surface area (Å²) in [6.07, 6.45) is 0. The molecule has 0 fully saturated rings. The van der Waals surface area contributed by atoms with E-state index in [9.17, 15) is 9.90 Å². The van der Waals surface area contributed by atoms with Crippen LogP contribution in [0.2, 0.25) is 0 Å². The monoisotopic (exact) mass is 322 g/mol. The molecule has 3 rings (SSSR count). The van der Waals surface area contributed by atoms with Crippen molar-refractivity contribution in [2.75, 3.05) is 13.7 Å². The van der Waals surface area contributed by atoms with Gasteiger partial charge in [0.25, 0.3) is 0 Å². The number of carbonyl (C=O) groups excluding carboxylic acids is 1. The molecule has 0 aliphatic rings. The number of nitrogens with zero attached hydrogens (tertiary/aromatic N) is 1. The first-order valence-electron chi connectivity index (χ1n) is 7.57. The molecule has 0 N–H and O–H groups in total. The summed E-state index contributed by atoms with van der Waals surface area (Å²) in [4.78, 5) is 16.2. The zero-order valence-corrected chi connectivity index (χ0v) is 13.4. The van der Waals surface area contributed by atoms with Gasteiger partial charge in [-0.25, -0.2) is 4.98 Å². The molecule has 1 aromatic heterocycles. The normalized spacial score (nSPS) is 10.6. The number of para-hydroxylation sites is 2. The maximum Gasteiger partial charge on any atom is 0.145 e. The van der Waals surface area contributed by atoms with Crippen LogP contribution in [0.4, 0.5) is 0 Å². The van der Waals surface area contributed by atoms with Gasteiger partial charge in [-0.05, 0) is 31.2 Å². The van der Waals surface area contributed by atoms with Crippen molar-refractivity contribution in [2.45, 2.75) is 6.92 Å². The van der Waals surface area contributed by atoms with Crippen molar-refractivity contribution in [3.8, 4) is 22.8 Å². The maximum atomic E-state index is 11.6. The molecule has 3 aromatic rings. The number of hydrogen-bond donors (Lipinski definition) is 0. The van der Waals surface area contributed by atoms with E-state index in [1.54, 1.807) is 18.2 Å². The Balaban J connectivity index is 2.32. The summed E-state index contributed by atoms with van der Waals surface area (Å²) in [5.74, 6) is -0.109. The molecule has 0 atom stereocenters. The van der Waals surface area contributed by atoms with Crippen LogP contribution in [-0.4, -0.2) is 24.7 Å². The van der Waals surface area contributed by atoms with Gasteiger partial charge in [0.05, 0.1) is 25.4 Å². The van der Waals surface area contributed by atoms with Crippen molar-refractivity contribution in [1.29, 1.82) is 0 Å². The van der Waals surface area contributed by atoms with E-state index in [2.05, 4.69) is 4.98 Å². The Morgan fingerprint density at radius 3 is 2.58 bits per heavy atom. The first kappa shape index (κ1) is 15.8. The molecule has 0 unspecified atom stereocenters. The number of carboxylic acids is 1. The molecular weight excluding hydrogens is 306 g/mol. The molecule has 0 spiro atoms. The fraction of sp³-hybridized carbons (Fsp3) is 0.158. The molecule has 5 heteroatoms. The third-order valence-corrected chi connectivity index (χ3v) is 3.71. The van der Waals surface area contributed by atoms with Gasteiger partial charge < -0.3 is 19.4 Å². The first-order valence-corrected chi connectivity index (χ1v) is 7.57. The number of rotatable bonds is 5. The Kier molecular flexibility index (Phi) is 4.33. The van der Waals surface area contributed by atoms with Gasteiger partial charge in [-0.1, -0.05) is 24.3 Å². The Morgan fingerprint density at radius 2 is 1.88 bits per heavy atom. The van der Waals surface area contributed by atoms with E-state index >= 15 is 0 Å². The Labute approximate surface area is 139 Å². The number of pyridine rings is 1. The molecular formula is C19H16NO4-. The largest absolute Gasteiger partial charge is 0.545 e. The van der Waals surface area contributed by atoms with Crippen molar-refractivity contribution in [1.82, 2.24) is 4.98 Å². The summed E-state index contributed by atoms with van der Waals surface area (Å²) in [6.45, 7) is 2.39. The highest BCUT2D eigenvalue weighted by Crippen LogP contribution is 2.34. The van der Waals surface area contributed by atoms with Crippen LogP contribution in [0.3, 0.4) is 0 Å². The predicted molar refractivity (Wildman–Crippen MR) is 89.2 cm³/mol. The first-order chi connectivity index (χ1) is 11.7. The molecule has 5 nitrogen and oxygen atoms in total. The van der Waals surface area contributed by atoms with Crippen LogP contribution in [0.5, 0.6) is 11.5 Å². The third-order valence-electron chi connectivity index (χ3n) is 3.71. The standard InChI is InChI=1S/C19H17NO4/c1-3-24-16-9-5-4-7-13(16)15-11-14(19(21)22)12-8-6-10-17(23-2)18(12)20-15/h4-11H,3H2,1-2H3,(H,21,22)/p-1. The molecule has 0 saturated carbocycles. The van der Waals surface area contributed by atoms with Crippen molar-refractivity contribution in [3.63, 3.8) is 0 Å². The minimum absolute atomic E-state index is 0.0696. The minimum Gasteiger partial charge on any atom is -0.545 e. The maximum absolute atomic E-state index is 11.6. The fourth-order valence-electron chi connectivity index (χ4n) is 2.65. The minimum atomic E-state index is -1.26. The summed E-state index contributed by atoms with van der Waals surface area (Å²) in [6, 6.07) is 14.0. The van der Waals surface area contributed by atoms with Crippen molar-refractivity contribution >= 4 is 16.9 Å². The van der Waals surface area contributed by atoms with E-state index in [-0.39, 0.29) is 5.56 Å². The number of benzene rings is 2. The quantitative estimate of drug-likeness (QED) is 0.722. The zero-order chi connectivity index (χ0) is 17.1. The SMILES string of the molecule is CCOc1ccccc1-c1cc(C(=O)[O-])c2cccc(OC)c2n1. The Morgan fingerprint density at radius 1 is 1.12 bits per heavy atom. The average Bonchev–Trinajstić information content (AvgIpc) is 2.61. The highest BCUT2D eigenvalue weighted by molar-refractivity contribution is 6.04. The molecule has 1 heterocycles. The molecule has 2 aromatic carbocycles. The van der Waals surface area contributed by atoms with Gasteiger partial charge in [-0.3, -0.25) is 0 Å². The Bertz CT molecular complexity index is 905. The van der Waals surface area contributed by atoms with Gasteiger partial charge >= 0.3 is 0 Å². The van der Waals surface area contributed by atoms with Crippen LogP contribution in [0.1, 0.15) is 17.3 Å². The van der Waals surface area contributed by atoms with Crippen molar-refractivity contribution in [2.24, 2.45) is 0 Å². The van der Waals surface area contributed by atoms with E-state index in [0.29, 0.717) is 34.7 Å². The van der Waals surface area contributed by atoms with Crippen LogP contribution >= 0.6 is 0 Å². The van der Waals surface area contributed by atoms with E-state index < -0.39 is 5.97 Å². The second-order valence-electron chi connectivity index (χ2n) is 5.13. The predicted octanol–water partition coefficient (Wildman–Crippen LogP) is 2.67. The average molecular weight is 322 g/mol. The number of fused-ring (bicyclic) bond motifs is 1. The van der Waals surface area contributed by atoms with Gasteiger partial charge in [0.2, 0.25) is 0 Å². The van der Waals surface area contributed by atoms with E-state index in [4.69, 9.17) is 9.47 Å². The lowest BCUT2D eigenvalue weighted by molar-refractivity contribution is -0.254. The van der Waals surface area contributed by atoms with Crippen LogP contribution in [0.25, 0.3) is 22.2 Å². The van der Waals surface area contributed by atoms with Crippen LogP contribution in [-0.2, 0) is 0 Å². The molecule has 0 saturated heterocycles. The lowest BCUT2D eigenvalue weighted by Gasteiger charge is -2.14. The van der Waals surface area contributed by atoms with Crippen LogP contribution in [0, 0.1) is 0 Å². The second kappa shape index (κ2) is 6.58. The zero-order valence-electron chi connectivity index (χ0n) is 13.4. The van der Waals surface area contributed by atoms with E-state index in [1.807, 2.05) is 31.2 Å².